The van der Waals surface area contributed by atoms with Gasteiger partial charge < -0.3 is 15.4 Å². The SMILES string of the molecule is CNC(CC1COCCN1)c1ccc(SC)cc1. The lowest BCUT2D eigenvalue weighted by Crippen LogP contribution is -2.43. The number of ether oxygens (including phenoxy) is 1. The van der Waals surface area contributed by atoms with Gasteiger partial charge in [0.15, 0.2) is 0 Å². The zero-order chi connectivity index (χ0) is 12.8. The van der Waals surface area contributed by atoms with Crippen LogP contribution in [-0.2, 0) is 4.74 Å². The molecule has 2 unspecified atom stereocenters. The van der Waals surface area contributed by atoms with Crippen molar-refractivity contribution in [3.05, 3.63) is 29.8 Å². The minimum Gasteiger partial charge on any atom is -0.379 e. The van der Waals surface area contributed by atoms with Gasteiger partial charge in [-0.1, -0.05) is 12.1 Å². The van der Waals surface area contributed by atoms with Crippen molar-refractivity contribution in [1.29, 1.82) is 0 Å². The number of morpholine rings is 1. The Kier molecular flexibility index (Phi) is 5.50. The Labute approximate surface area is 114 Å². The van der Waals surface area contributed by atoms with Gasteiger partial charge in [0.1, 0.15) is 0 Å². The fourth-order valence-electron chi connectivity index (χ4n) is 2.31. The maximum absolute atomic E-state index is 5.51. The Hall–Kier alpha value is -0.550. The zero-order valence-electron chi connectivity index (χ0n) is 11.1. The molecule has 0 radical (unpaired) electrons. The minimum absolute atomic E-state index is 0.389. The van der Waals surface area contributed by atoms with Crippen LogP contribution in [0.4, 0.5) is 0 Å². The van der Waals surface area contributed by atoms with Crippen LogP contribution in [0.5, 0.6) is 0 Å². The lowest BCUT2D eigenvalue weighted by molar-refractivity contribution is 0.0708. The number of benzene rings is 1. The van der Waals surface area contributed by atoms with E-state index in [1.165, 1.54) is 10.5 Å². The molecule has 100 valence electrons. The average molecular weight is 266 g/mol. The molecular formula is C14H22N2OS. The van der Waals surface area contributed by atoms with Gasteiger partial charge in [0.25, 0.3) is 0 Å². The van der Waals surface area contributed by atoms with E-state index in [4.69, 9.17) is 4.74 Å². The summed E-state index contributed by atoms with van der Waals surface area (Å²) in [5, 5.41) is 6.91. The number of rotatable bonds is 5. The van der Waals surface area contributed by atoms with E-state index in [0.717, 1.165) is 26.2 Å². The van der Waals surface area contributed by atoms with Gasteiger partial charge in [0.2, 0.25) is 0 Å². The van der Waals surface area contributed by atoms with E-state index in [0.29, 0.717) is 12.1 Å². The molecule has 1 aromatic carbocycles. The molecule has 1 heterocycles. The first kappa shape index (κ1) is 13.9. The highest BCUT2D eigenvalue weighted by atomic mass is 32.2. The van der Waals surface area contributed by atoms with Crippen LogP contribution in [0, 0.1) is 0 Å². The van der Waals surface area contributed by atoms with Gasteiger partial charge in [-0.3, -0.25) is 0 Å². The fourth-order valence-corrected chi connectivity index (χ4v) is 2.72. The monoisotopic (exact) mass is 266 g/mol. The summed E-state index contributed by atoms with van der Waals surface area (Å²) < 4.78 is 5.51. The van der Waals surface area contributed by atoms with Crippen molar-refractivity contribution < 1.29 is 4.74 Å². The summed E-state index contributed by atoms with van der Waals surface area (Å²) in [4.78, 5) is 1.31. The molecule has 0 aliphatic carbocycles. The third kappa shape index (κ3) is 3.72. The molecule has 1 aliphatic heterocycles. The Morgan fingerprint density at radius 1 is 1.44 bits per heavy atom. The highest BCUT2D eigenvalue weighted by Crippen LogP contribution is 2.22. The van der Waals surface area contributed by atoms with Gasteiger partial charge in [-0.2, -0.15) is 0 Å². The second kappa shape index (κ2) is 7.14. The first-order valence-corrected chi connectivity index (χ1v) is 7.68. The summed E-state index contributed by atoms with van der Waals surface area (Å²) in [5.41, 5.74) is 1.35. The maximum atomic E-state index is 5.51. The molecule has 1 fully saturated rings. The number of hydrogen-bond donors (Lipinski definition) is 2. The molecule has 18 heavy (non-hydrogen) atoms. The van der Waals surface area contributed by atoms with Crippen LogP contribution in [-0.4, -0.2) is 39.1 Å². The van der Waals surface area contributed by atoms with Crippen LogP contribution < -0.4 is 10.6 Å². The smallest absolute Gasteiger partial charge is 0.0620 e. The van der Waals surface area contributed by atoms with Gasteiger partial charge in [-0.25, -0.2) is 0 Å². The molecule has 0 spiro atoms. The lowest BCUT2D eigenvalue weighted by atomic mass is 9.99. The Morgan fingerprint density at radius 3 is 2.78 bits per heavy atom. The van der Waals surface area contributed by atoms with Gasteiger partial charge in [-0.15, -0.1) is 11.8 Å². The van der Waals surface area contributed by atoms with E-state index in [-0.39, 0.29) is 0 Å². The molecule has 0 bridgehead atoms. The lowest BCUT2D eigenvalue weighted by Gasteiger charge is -2.28. The van der Waals surface area contributed by atoms with E-state index in [9.17, 15) is 0 Å². The summed E-state index contributed by atoms with van der Waals surface area (Å²) in [7, 11) is 2.02. The molecular weight excluding hydrogens is 244 g/mol. The van der Waals surface area contributed by atoms with Crippen LogP contribution in [0.3, 0.4) is 0 Å². The van der Waals surface area contributed by atoms with Crippen LogP contribution in [0.1, 0.15) is 18.0 Å². The summed E-state index contributed by atoms with van der Waals surface area (Å²) in [6.07, 6.45) is 3.17. The van der Waals surface area contributed by atoms with E-state index in [1.54, 1.807) is 11.8 Å². The van der Waals surface area contributed by atoms with Crippen LogP contribution in [0.25, 0.3) is 0 Å². The minimum atomic E-state index is 0.389. The van der Waals surface area contributed by atoms with Crippen molar-refractivity contribution in [1.82, 2.24) is 10.6 Å². The molecule has 4 heteroatoms. The summed E-state index contributed by atoms with van der Waals surface area (Å²) in [6.45, 7) is 2.62. The highest BCUT2D eigenvalue weighted by molar-refractivity contribution is 7.98. The quantitative estimate of drug-likeness (QED) is 0.799. The van der Waals surface area contributed by atoms with Crippen molar-refractivity contribution in [3.63, 3.8) is 0 Å². The number of thioether (sulfide) groups is 1. The number of nitrogens with one attached hydrogen (secondary N) is 2. The second-order valence-corrected chi connectivity index (χ2v) is 5.46. The summed E-state index contributed by atoms with van der Waals surface area (Å²) in [6, 6.07) is 9.66. The van der Waals surface area contributed by atoms with Gasteiger partial charge in [0.05, 0.1) is 13.2 Å². The third-order valence-corrected chi connectivity index (χ3v) is 4.13. The van der Waals surface area contributed by atoms with Gasteiger partial charge >= 0.3 is 0 Å². The van der Waals surface area contributed by atoms with Crippen molar-refractivity contribution >= 4 is 11.8 Å². The molecule has 2 rings (SSSR count). The van der Waals surface area contributed by atoms with E-state index >= 15 is 0 Å². The second-order valence-electron chi connectivity index (χ2n) is 4.58. The topological polar surface area (TPSA) is 33.3 Å². The molecule has 0 aromatic heterocycles. The molecule has 3 nitrogen and oxygen atoms in total. The Bertz CT molecular complexity index is 349. The molecule has 2 atom stereocenters. The fraction of sp³-hybridized carbons (Fsp3) is 0.571. The molecule has 0 saturated carbocycles. The largest absolute Gasteiger partial charge is 0.379 e. The van der Waals surface area contributed by atoms with Crippen molar-refractivity contribution in [2.45, 2.75) is 23.4 Å². The number of hydrogen-bond acceptors (Lipinski definition) is 4. The summed E-state index contributed by atoms with van der Waals surface area (Å²) >= 11 is 1.78. The first-order chi connectivity index (χ1) is 8.83. The first-order valence-electron chi connectivity index (χ1n) is 6.46. The maximum Gasteiger partial charge on any atom is 0.0620 e. The van der Waals surface area contributed by atoms with Crippen molar-refractivity contribution in [2.24, 2.45) is 0 Å². The molecule has 0 amide bonds. The molecule has 1 aromatic rings. The predicted molar refractivity (Wildman–Crippen MR) is 77.3 cm³/mol. The van der Waals surface area contributed by atoms with Gasteiger partial charge in [-0.05, 0) is 37.4 Å². The van der Waals surface area contributed by atoms with E-state index in [2.05, 4.69) is 41.2 Å². The predicted octanol–water partition coefficient (Wildman–Crippen LogP) is 2.05. The third-order valence-electron chi connectivity index (χ3n) is 3.39. The standard InChI is InChI=1S/C14H22N2OS/c1-15-14(9-12-10-17-8-7-16-12)11-3-5-13(18-2)6-4-11/h3-6,12,14-16H,7-10H2,1-2H3. The van der Waals surface area contributed by atoms with Crippen molar-refractivity contribution in [3.8, 4) is 0 Å². The average Bonchev–Trinajstić information content (AvgIpc) is 2.46. The van der Waals surface area contributed by atoms with E-state index in [1.807, 2.05) is 7.05 Å². The Morgan fingerprint density at radius 2 is 2.22 bits per heavy atom. The molecule has 1 saturated heterocycles. The van der Waals surface area contributed by atoms with Gasteiger partial charge in [0, 0.05) is 23.5 Å². The normalized spacial score (nSPS) is 21.8. The molecule has 2 N–H and O–H groups in total. The Balaban J connectivity index is 1.97. The van der Waals surface area contributed by atoms with E-state index < -0.39 is 0 Å². The van der Waals surface area contributed by atoms with Crippen LogP contribution in [0.2, 0.25) is 0 Å². The molecule has 1 aliphatic rings. The zero-order valence-corrected chi connectivity index (χ0v) is 11.9. The van der Waals surface area contributed by atoms with Crippen molar-refractivity contribution in [2.75, 3.05) is 33.1 Å². The van der Waals surface area contributed by atoms with Crippen LogP contribution >= 0.6 is 11.8 Å². The highest BCUT2D eigenvalue weighted by Gasteiger charge is 2.18. The summed E-state index contributed by atoms with van der Waals surface area (Å²) in [5.74, 6) is 0. The van der Waals surface area contributed by atoms with Crippen LogP contribution in [0.15, 0.2) is 29.2 Å².